The number of carbonyl (C=O) groups excluding carboxylic acids is 1. The lowest BCUT2D eigenvalue weighted by molar-refractivity contribution is -0.131. The van der Waals surface area contributed by atoms with E-state index in [0.717, 1.165) is 11.6 Å². The number of hydrogen-bond acceptors (Lipinski definition) is 4. The number of nitrogens with one attached hydrogen (secondary N) is 1. The number of amides is 1. The van der Waals surface area contributed by atoms with Crippen LogP contribution in [0.4, 0.5) is 4.39 Å². The van der Waals surface area contributed by atoms with Crippen molar-refractivity contribution in [3.05, 3.63) is 30.1 Å². The number of benzene rings is 1. The van der Waals surface area contributed by atoms with Gasteiger partial charge >= 0.3 is 0 Å². The molecular weight excluding hydrogens is 267 g/mol. The van der Waals surface area contributed by atoms with E-state index in [-0.39, 0.29) is 30.1 Å². The molecule has 0 radical (unpaired) electrons. The Hall–Kier alpha value is -1.27. The number of nitrogens with zero attached hydrogens (tertiary/aromatic N) is 1. The molecule has 2 rings (SSSR count). The van der Waals surface area contributed by atoms with Gasteiger partial charge in [-0.05, 0) is 12.1 Å². The molecule has 1 fully saturated rings. The molecule has 1 heterocycles. The van der Waals surface area contributed by atoms with E-state index in [2.05, 4.69) is 5.32 Å². The van der Waals surface area contributed by atoms with Gasteiger partial charge < -0.3 is 9.64 Å². The van der Waals surface area contributed by atoms with E-state index in [1.54, 1.807) is 41.9 Å². The summed E-state index contributed by atoms with van der Waals surface area (Å²) in [4.78, 5) is 13.6. The van der Waals surface area contributed by atoms with Gasteiger partial charge in [0.15, 0.2) is 11.6 Å². The summed E-state index contributed by atoms with van der Waals surface area (Å²) in [5, 5.41) is 3.13. The van der Waals surface area contributed by atoms with E-state index in [1.165, 1.54) is 6.07 Å². The summed E-state index contributed by atoms with van der Waals surface area (Å²) < 4.78 is 18.6. The molecule has 0 spiro atoms. The summed E-state index contributed by atoms with van der Waals surface area (Å²) in [6, 6.07) is 6.15. The zero-order valence-electron chi connectivity index (χ0n) is 10.8. The fraction of sp³-hybridized carbons (Fsp3) is 0.462. The molecule has 6 heteroatoms. The predicted molar refractivity (Wildman–Crippen MR) is 73.8 cm³/mol. The van der Waals surface area contributed by atoms with E-state index >= 15 is 0 Å². The Labute approximate surface area is 116 Å². The average Bonchev–Trinajstić information content (AvgIpc) is 2.94. The third-order valence-electron chi connectivity index (χ3n) is 2.91. The van der Waals surface area contributed by atoms with Crippen molar-refractivity contribution in [2.75, 3.05) is 31.8 Å². The van der Waals surface area contributed by atoms with E-state index in [1.807, 2.05) is 0 Å². The van der Waals surface area contributed by atoms with Gasteiger partial charge in [0.25, 0.3) is 0 Å². The number of para-hydroxylation sites is 1. The lowest BCUT2D eigenvalue weighted by atomic mass is 10.3. The molecule has 1 aliphatic heterocycles. The molecule has 1 aromatic carbocycles. The first kappa shape index (κ1) is 14.1. The normalized spacial score (nSPS) is 18.3. The average molecular weight is 284 g/mol. The zero-order valence-corrected chi connectivity index (χ0v) is 11.6. The van der Waals surface area contributed by atoms with Gasteiger partial charge in [0.2, 0.25) is 5.91 Å². The molecule has 4 nitrogen and oxygen atoms in total. The Morgan fingerprint density at radius 1 is 1.58 bits per heavy atom. The number of ether oxygens (including phenoxy) is 1. The van der Waals surface area contributed by atoms with E-state index in [0.29, 0.717) is 6.54 Å². The topological polar surface area (TPSA) is 41.6 Å². The zero-order chi connectivity index (χ0) is 13.7. The van der Waals surface area contributed by atoms with Crippen molar-refractivity contribution in [1.82, 2.24) is 10.2 Å². The Bertz CT molecular complexity index is 438. The first-order valence-corrected chi connectivity index (χ1v) is 7.27. The first-order chi connectivity index (χ1) is 9.18. The minimum atomic E-state index is -0.384. The Kier molecular flexibility index (Phi) is 5.04. The molecule has 0 saturated carbocycles. The highest BCUT2D eigenvalue weighted by atomic mass is 32.2. The van der Waals surface area contributed by atoms with Crippen molar-refractivity contribution in [3.63, 3.8) is 0 Å². The van der Waals surface area contributed by atoms with Crippen molar-refractivity contribution in [2.45, 2.75) is 6.04 Å². The van der Waals surface area contributed by atoms with Gasteiger partial charge in [0.1, 0.15) is 6.61 Å². The van der Waals surface area contributed by atoms with Crippen LogP contribution in [0.2, 0.25) is 0 Å². The van der Waals surface area contributed by atoms with Crippen LogP contribution in [0.5, 0.6) is 5.75 Å². The molecule has 0 aromatic heterocycles. The second-order valence-corrected chi connectivity index (χ2v) is 5.34. The van der Waals surface area contributed by atoms with Gasteiger partial charge in [-0.15, -0.1) is 11.8 Å². The van der Waals surface area contributed by atoms with E-state index in [9.17, 15) is 9.18 Å². The van der Waals surface area contributed by atoms with Crippen LogP contribution in [0.1, 0.15) is 0 Å². The SMILES string of the molecule is CN(CCOc1ccccc1F)C(=O)[C@H]1CSCN1. The molecule has 104 valence electrons. The minimum Gasteiger partial charge on any atom is -0.489 e. The summed E-state index contributed by atoms with van der Waals surface area (Å²) in [5.41, 5.74) is 0. The third kappa shape index (κ3) is 3.84. The summed E-state index contributed by atoms with van der Waals surface area (Å²) in [6.45, 7) is 0.721. The number of rotatable bonds is 5. The van der Waals surface area contributed by atoms with Crippen LogP contribution < -0.4 is 10.1 Å². The Balaban J connectivity index is 1.76. The lowest BCUT2D eigenvalue weighted by Gasteiger charge is -2.20. The van der Waals surface area contributed by atoms with Crippen molar-refractivity contribution >= 4 is 17.7 Å². The van der Waals surface area contributed by atoms with Crippen LogP contribution >= 0.6 is 11.8 Å². The van der Waals surface area contributed by atoms with Crippen molar-refractivity contribution < 1.29 is 13.9 Å². The highest BCUT2D eigenvalue weighted by Gasteiger charge is 2.25. The molecule has 0 bridgehead atoms. The predicted octanol–water partition coefficient (Wildman–Crippen LogP) is 1.33. The molecule has 1 N–H and O–H groups in total. The first-order valence-electron chi connectivity index (χ1n) is 6.12. The maximum atomic E-state index is 13.3. The minimum absolute atomic E-state index is 0.0575. The molecule has 1 aromatic rings. The second-order valence-electron chi connectivity index (χ2n) is 4.31. The molecule has 1 atom stereocenters. The largest absolute Gasteiger partial charge is 0.489 e. The summed E-state index contributed by atoms with van der Waals surface area (Å²) in [6.07, 6.45) is 0. The van der Waals surface area contributed by atoms with Gasteiger partial charge in [0.05, 0.1) is 12.6 Å². The fourth-order valence-electron chi connectivity index (χ4n) is 1.78. The lowest BCUT2D eigenvalue weighted by Crippen LogP contribution is -2.44. The highest BCUT2D eigenvalue weighted by molar-refractivity contribution is 7.99. The van der Waals surface area contributed by atoms with Crippen LogP contribution in [0.3, 0.4) is 0 Å². The van der Waals surface area contributed by atoms with Crippen LogP contribution in [0, 0.1) is 5.82 Å². The molecular formula is C13H17FN2O2S. The number of thioether (sulfide) groups is 1. The van der Waals surface area contributed by atoms with Gasteiger partial charge in [-0.2, -0.15) is 0 Å². The van der Waals surface area contributed by atoms with Crippen LogP contribution in [-0.4, -0.2) is 48.7 Å². The fourth-order valence-corrected chi connectivity index (χ4v) is 2.72. The van der Waals surface area contributed by atoms with Crippen LogP contribution in [0.25, 0.3) is 0 Å². The van der Waals surface area contributed by atoms with Crippen molar-refractivity contribution in [1.29, 1.82) is 0 Å². The molecule has 1 saturated heterocycles. The summed E-state index contributed by atoms with van der Waals surface area (Å²) in [5.74, 6) is 1.51. The van der Waals surface area contributed by atoms with Crippen LogP contribution in [-0.2, 0) is 4.79 Å². The standard InChI is InChI=1S/C13H17FN2O2S/c1-16(13(17)11-8-19-9-15-11)6-7-18-12-5-3-2-4-10(12)14/h2-5,11,15H,6-9H2,1H3/t11-/m1/s1. The third-order valence-corrected chi connectivity index (χ3v) is 3.85. The van der Waals surface area contributed by atoms with Crippen LogP contribution in [0.15, 0.2) is 24.3 Å². The number of likely N-dealkylation sites (N-methyl/N-ethyl adjacent to an activating group) is 1. The number of halogens is 1. The summed E-state index contributed by atoms with van der Waals surface area (Å²) >= 11 is 1.71. The maximum Gasteiger partial charge on any atom is 0.240 e. The van der Waals surface area contributed by atoms with Crippen molar-refractivity contribution in [2.24, 2.45) is 0 Å². The second kappa shape index (κ2) is 6.77. The number of carbonyl (C=O) groups is 1. The molecule has 19 heavy (non-hydrogen) atoms. The maximum absolute atomic E-state index is 13.3. The smallest absolute Gasteiger partial charge is 0.240 e. The van der Waals surface area contributed by atoms with Crippen molar-refractivity contribution in [3.8, 4) is 5.75 Å². The van der Waals surface area contributed by atoms with E-state index < -0.39 is 0 Å². The molecule has 1 amide bonds. The number of hydrogen-bond donors (Lipinski definition) is 1. The highest BCUT2D eigenvalue weighted by Crippen LogP contribution is 2.15. The molecule has 0 aliphatic carbocycles. The van der Waals surface area contributed by atoms with E-state index in [4.69, 9.17) is 4.74 Å². The molecule has 1 aliphatic rings. The quantitative estimate of drug-likeness (QED) is 0.885. The van der Waals surface area contributed by atoms with Gasteiger partial charge in [0, 0.05) is 18.7 Å². The summed E-state index contributed by atoms with van der Waals surface area (Å²) in [7, 11) is 1.73. The van der Waals surface area contributed by atoms with Gasteiger partial charge in [-0.3, -0.25) is 10.1 Å². The van der Waals surface area contributed by atoms with Gasteiger partial charge in [-0.1, -0.05) is 12.1 Å². The molecule has 0 unspecified atom stereocenters. The monoisotopic (exact) mass is 284 g/mol. The van der Waals surface area contributed by atoms with Gasteiger partial charge in [-0.25, -0.2) is 4.39 Å². The Morgan fingerprint density at radius 2 is 2.37 bits per heavy atom. The Morgan fingerprint density at radius 3 is 3.05 bits per heavy atom.